The largest absolute Gasteiger partial charge is 0.371 e. The zero-order valence-corrected chi connectivity index (χ0v) is 11.3. The van der Waals surface area contributed by atoms with Gasteiger partial charge in [-0.25, -0.2) is 4.39 Å². The van der Waals surface area contributed by atoms with Crippen molar-refractivity contribution in [1.82, 2.24) is 0 Å². The van der Waals surface area contributed by atoms with Crippen LogP contribution >= 0.6 is 0 Å². The van der Waals surface area contributed by atoms with Crippen LogP contribution in [0.3, 0.4) is 0 Å². The van der Waals surface area contributed by atoms with Crippen LogP contribution in [0.15, 0.2) is 54.6 Å². The lowest BCUT2D eigenvalue weighted by Gasteiger charge is -2.18. The predicted molar refractivity (Wildman–Crippen MR) is 79.2 cm³/mol. The van der Waals surface area contributed by atoms with E-state index in [9.17, 15) is 9.18 Å². The summed E-state index contributed by atoms with van der Waals surface area (Å²) in [5.41, 5.74) is 1.06. The second-order valence-corrected chi connectivity index (χ2v) is 4.44. The number of rotatable bonds is 5. The second-order valence-electron chi connectivity index (χ2n) is 4.44. The Balaban J connectivity index is 2.05. The first-order chi connectivity index (χ1) is 9.70. The monoisotopic (exact) mass is 272 g/mol. The van der Waals surface area contributed by atoms with Crippen LogP contribution in [0.5, 0.6) is 0 Å². The standard InChI is InChI=1S/C16H17FN2O/c1-2-14(19-15-11-7-6-10-13(15)17)16(20)18-12-8-4-3-5-9-12/h3-11,14,19H,2H2,1H3,(H,18,20)/t14-/m0/s1. The van der Waals surface area contributed by atoms with Gasteiger partial charge in [-0.1, -0.05) is 37.3 Å². The Kier molecular flexibility index (Phi) is 4.71. The van der Waals surface area contributed by atoms with E-state index in [1.165, 1.54) is 6.07 Å². The summed E-state index contributed by atoms with van der Waals surface area (Å²) in [7, 11) is 0. The molecule has 2 N–H and O–H groups in total. The van der Waals surface area contributed by atoms with Crippen LogP contribution in [0.2, 0.25) is 0 Å². The third-order valence-electron chi connectivity index (χ3n) is 2.97. The maximum absolute atomic E-state index is 13.6. The van der Waals surface area contributed by atoms with Crippen molar-refractivity contribution in [3.05, 3.63) is 60.4 Å². The highest BCUT2D eigenvalue weighted by atomic mass is 19.1. The molecule has 4 heteroatoms. The summed E-state index contributed by atoms with van der Waals surface area (Å²) < 4.78 is 13.6. The van der Waals surface area contributed by atoms with Gasteiger partial charge in [-0.15, -0.1) is 0 Å². The summed E-state index contributed by atoms with van der Waals surface area (Å²) in [5, 5.41) is 5.74. The lowest BCUT2D eigenvalue weighted by atomic mass is 10.2. The summed E-state index contributed by atoms with van der Waals surface area (Å²) in [6.45, 7) is 1.88. The van der Waals surface area contributed by atoms with Crippen LogP contribution in [0.4, 0.5) is 15.8 Å². The van der Waals surface area contributed by atoms with Crippen molar-refractivity contribution < 1.29 is 9.18 Å². The first-order valence-electron chi connectivity index (χ1n) is 6.57. The summed E-state index contributed by atoms with van der Waals surface area (Å²) in [6.07, 6.45) is 0.563. The fourth-order valence-electron chi connectivity index (χ4n) is 1.87. The molecular weight excluding hydrogens is 255 g/mol. The number of amides is 1. The highest BCUT2D eigenvalue weighted by Gasteiger charge is 2.17. The van der Waals surface area contributed by atoms with E-state index in [2.05, 4.69) is 10.6 Å². The van der Waals surface area contributed by atoms with E-state index in [1.54, 1.807) is 18.2 Å². The fraction of sp³-hybridized carbons (Fsp3) is 0.188. The van der Waals surface area contributed by atoms with Crippen LogP contribution in [-0.2, 0) is 4.79 Å². The Bertz CT molecular complexity index is 572. The molecular formula is C16H17FN2O. The Morgan fingerprint density at radius 1 is 1.10 bits per heavy atom. The molecule has 1 atom stereocenters. The molecule has 0 aromatic heterocycles. The highest BCUT2D eigenvalue weighted by molar-refractivity contribution is 5.96. The molecule has 0 heterocycles. The number of anilines is 2. The van der Waals surface area contributed by atoms with Crippen molar-refractivity contribution in [3.63, 3.8) is 0 Å². The lowest BCUT2D eigenvalue weighted by molar-refractivity contribution is -0.116. The third kappa shape index (κ3) is 3.57. The third-order valence-corrected chi connectivity index (χ3v) is 2.97. The normalized spacial score (nSPS) is 11.7. The second kappa shape index (κ2) is 6.70. The fourth-order valence-corrected chi connectivity index (χ4v) is 1.87. The minimum absolute atomic E-state index is 0.179. The molecule has 0 aliphatic carbocycles. The number of para-hydroxylation sites is 2. The van der Waals surface area contributed by atoms with Crippen molar-refractivity contribution in [3.8, 4) is 0 Å². The van der Waals surface area contributed by atoms with Gasteiger partial charge in [0.05, 0.1) is 5.69 Å². The van der Waals surface area contributed by atoms with Crippen molar-refractivity contribution in [1.29, 1.82) is 0 Å². The number of benzene rings is 2. The smallest absolute Gasteiger partial charge is 0.246 e. The number of halogens is 1. The van der Waals surface area contributed by atoms with E-state index in [0.717, 1.165) is 5.69 Å². The average molecular weight is 272 g/mol. The van der Waals surface area contributed by atoms with Gasteiger partial charge in [0.1, 0.15) is 11.9 Å². The average Bonchev–Trinajstić information content (AvgIpc) is 2.47. The van der Waals surface area contributed by atoms with Crippen LogP contribution in [-0.4, -0.2) is 11.9 Å². The SMILES string of the molecule is CC[C@H](Nc1ccccc1F)C(=O)Nc1ccccc1. The molecule has 0 saturated heterocycles. The van der Waals surface area contributed by atoms with Crippen molar-refractivity contribution in [2.45, 2.75) is 19.4 Å². The number of nitrogens with one attached hydrogen (secondary N) is 2. The number of hydrogen-bond acceptors (Lipinski definition) is 2. The summed E-state index contributed by atoms with van der Waals surface area (Å²) in [5.74, 6) is -0.541. The summed E-state index contributed by atoms with van der Waals surface area (Å²) >= 11 is 0. The zero-order valence-electron chi connectivity index (χ0n) is 11.3. The summed E-state index contributed by atoms with van der Waals surface area (Å²) in [6, 6.07) is 15.1. The maximum Gasteiger partial charge on any atom is 0.246 e. The van der Waals surface area contributed by atoms with Gasteiger partial charge in [0.15, 0.2) is 0 Å². The molecule has 0 unspecified atom stereocenters. The Hall–Kier alpha value is -2.36. The van der Waals surface area contributed by atoms with E-state index in [-0.39, 0.29) is 11.7 Å². The molecule has 0 radical (unpaired) electrons. The topological polar surface area (TPSA) is 41.1 Å². The van der Waals surface area contributed by atoms with Crippen LogP contribution < -0.4 is 10.6 Å². The Morgan fingerprint density at radius 2 is 1.75 bits per heavy atom. The van der Waals surface area contributed by atoms with Crippen LogP contribution in [0.25, 0.3) is 0 Å². The molecule has 2 rings (SSSR count). The van der Waals surface area contributed by atoms with Crippen molar-refractivity contribution >= 4 is 17.3 Å². The quantitative estimate of drug-likeness (QED) is 0.872. The van der Waals surface area contributed by atoms with E-state index in [4.69, 9.17) is 0 Å². The van der Waals surface area contributed by atoms with Gasteiger partial charge in [0, 0.05) is 5.69 Å². The molecule has 3 nitrogen and oxygen atoms in total. The maximum atomic E-state index is 13.6. The molecule has 0 bridgehead atoms. The van der Waals surface area contributed by atoms with Gasteiger partial charge in [0.2, 0.25) is 5.91 Å². The molecule has 0 saturated carbocycles. The number of carbonyl (C=O) groups excluding carboxylic acids is 1. The lowest BCUT2D eigenvalue weighted by Crippen LogP contribution is -2.34. The minimum atomic E-state index is -0.480. The van der Waals surface area contributed by atoms with Gasteiger partial charge in [-0.2, -0.15) is 0 Å². The minimum Gasteiger partial charge on any atom is -0.371 e. The molecule has 2 aromatic rings. The van der Waals surface area contributed by atoms with Crippen molar-refractivity contribution in [2.75, 3.05) is 10.6 Å². The van der Waals surface area contributed by atoms with E-state index in [0.29, 0.717) is 12.1 Å². The number of hydrogen-bond donors (Lipinski definition) is 2. The Labute approximate surface area is 117 Å². The molecule has 20 heavy (non-hydrogen) atoms. The molecule has 0 aliphatic heterocycles. The van der Waals surface area contributed by atoms with Gasteiger partial charge in [-0.05, 0) is 30.7 Å². The van der Waals surface area contributed by atoms with Gasteiger partial charge < -0.3 is 10.6 Å². The van der Waals surface area contributed by atoms with E-state index >= 15 is 0 Å². The van der Waals surface area contributed by atoms with E-state index in [1.807, 2.05) is 37.3 Å². The zero-order chi connectivity index (χ0) is 14.4. The molecule has 2 aromatic carbocycles. The molecule has 0 spiro atoms. The van der Waals surface area contributed by atoms with E-state index < -0.39 is 6.04 Å². The Morgan fingerprint density at radius 3 is 2.40 bits per heavy atom. The highest BCUT2D eigenvalue weighted by Crippen LogP contribution is 2.15. The first-order valence-corrected chi connectivity index (χ1v) is 6.57. The molecule has 0 fully saturated rings. The van der Waals surface area contributed by atoms with Crippen LogP contribution in [0, 0.1) is 5.82 Å². The van der Waals surface area contributed by atoms with Gasteiger partial charge >= 0.3 is 0 Å². The predicted octanol–water partition coefficient (Wildman–Crippen LogP) is 3.65. The van der Waals surface area contributed by atoms with Crippen LogP contribution in [0.1, 0.15) is 13.3 Å². The van der Waals surface area contributed by atoms with Crippen molar-refractivity contribution in [2.24, 2.45) is 0 Å². The first kappa shape index (κ1) is 14.1. The van der Waals surface area contributed by atoms with Gasteiger partial charge in [0.25, 0.3) is 0 Å². The summed E-state index contributed by atoms with van der Waals surface area (Å²) in [4.78, 5) is 12.2. The molecule has 104 valence electrons. The molecule has 0 aliphatic rings. The molecule has 1 amide bonds. The van der Waals surface area contributed by atoms with Gasteiger partial charge in [-0.3, -0.25) is 4.79 Å². The number of carbonyl (C=O) groups is 1.